The number of aliphatic carboxylic acids is 1. The standard InChI is InChI=1S/C23H20Cl2N2O5/c1-32-19-5-3-2-4-16(19)20-17(24)10-15(11-18(20)25)27-23(31)26-12-13-6-8-14(9-7-13)21(28)22(29)30/h2-11,21,28H,12H2,1H3,(H,29,30)(H2,26,27,31). The monoisotopic (exact) mass is 474 g/mol. The van der Waals surface area contributed by atoms with E-state index in [-0.39, 0.29) is 12.1 Å². The van der Waals surface area contributed by atoms with E-state index < -0.39 is 18.1 Å². The lowest BCUT2D eigenvalue weighted by atomic mass is 10.0. The van der Waals surface area contributed by atoms with Gasteiger partial charge in [0.05, 0.1) is 17.2 Å². The third-order valence-electron chi connectivity index (χ3n) is 4.66. The van der Waals surface area contributed by atoms with Crippen molar-refractivity contribution in [2.45, 2.75) is 12.6 Å². The molecule has 3 aromatic rings. The molecule has 3 aromatic carbocycles. The van der Waals surface area contributed by atoms with Crippen molar-refractivity contribution in [2.24, 2.45) is 0 Å². The maximum absolute atomic E-state index is 12.3. The SMILES string of the molecule is COc1ccccc1-c1c(Cl)cc(NC(=O)NCc2ccc(C(O)C(=O)O)cc2)cc1Cl. The van der Waals surface area contributed by atoms with Crippen LogP contribution in [0.1, 0.15) is 17.2 Å². The minimum absolute atomic E-state index is 0.191. The van der Waals surface area contributed by atoms with E-state index in [0.29, 0.717) is 27.0 Å². The molecular formula is C23H20Cl2N2O5. The van der Waals surface area contributed by atoms with E-state index in [1.54, 1.807) is 37.4 Å². The van der Waals surface area contributed by atoms with Crippen LogP contribution in [0.2, 0.25) is 10.0 Å². The van der Waals surface area contributed by atoms with E-state index in [0.717, 1.165) is 11.1 Å². The summed E-state index contributed by atoms with van der Waals surface area (Å²) >= 11 is 12.9. The lowest BCUT2D eigenvalue weighted by molar-refractivity contribution is -0.146. The second-order valence-corrected chi connectivity index (χ2v) is 7.62. The van der Waals surface area contributed by atoms with Crippen molar-refractivity contribution in [2.75, 3.05) is 12.4 Å². The fourth-order valence-electron chi connectivity index (χ4n) is 3.07. The normalized spacial score (nSPS) is 11.5. The number of urea groups is 1. The molecule has 7 nitrogen and oxygen atoms in total. The van der Waals surface area contributed by atoms with Crippen molar-refractivity contribution in [1.82, 2.24) is 5.32 Å². The van der Waals surface area contributed by atoms with Gasteiger partial charge < -0.3 is 25.6 Å². The molecule has 9 heteroatoms. The number of carbonyl (C=O) groups excluding carboxylic acids is 1. The minimum Gasteiger partial charge on any atom is -0.496 e. The number of methoxy groups -OCH3 is 1. The quantitative estimate of drug-likeness (QED) is 0.380. The largest absolute Gasteiger partial charge is 0.496 e. The first-order chi connectivity index (χ1) is 15.3. The number of para-hydroxylation sites is 1. The van der Waals surface area contributed by atoms with Gasteiger partial charge in [-0.3, -0.25) is 0 Å². The molecule has 0 spiro atoms. The van der Waals surface area contributed by atoms with Crippen LogP contribution in [0, 0.1) is 0 Å². The maximum Gasteiger partial charge on any atom is 0.337 e. The number of carbonyl (C=O) groups is 2. The number of aliphatic hydroxyl groups is 1. The van der Waals surface area contributed by atoms with Crippen LogP contribution in [0.15, 0.2) is 60.7 Å². The van der Waals surface area contributed by atoms with Crippen LogP contribution in [0.25, 0.3) is 11.1 Å². The average Bonchev–Trinajstić information content (AvgIpc) is 2.77. The Morgan fingerprint density at radius 1 is 1.03 bits per heavy atom. The molecule has 0 aliphatic rings. The molecule has 4 N–H and O–H groups in total. The summed E-state index contributed by atoms with van der Waals surface area (Å²) in [7, 11) is 1.56. The van der Waals surface area contributed by atoms with Crippen molar-refractivity contribution < 1.29 is 24.5 Å². The maximum atomic E-state index is 12.3. The van der Waals surface area contributed by atoms with E-state index in [9.17, 15) is 14.7 Å². The molecule has 0 fully saturated rings. The van der Waals surface area contributed by atoms with Crippen molar-refractivity contribution in [1.29, 1.82) is 0 Å². The first-order valence-electron chi connectivity index (χ1n) is 9.47. The molecule has 32 heavy (non-hydrogen) atoms. The van der Waals surface area contributed by atoms with Gasteiger partial charge in [0.25, 0.3) is 0 Å². The number of ether oxygens (including phenoxy) is 1. The van der Waals surface area contributed by atoms with Crippen LogP contribution in [0.5, 0.6) is 5.75 Å². The molecule has 1 unspecified atom stereocenters. The first kappa shape index (κ1) is 23.4. The Hall–Kier alpha value is -3.26. The summed E-state index contributed by atoms with van der Waals surface area (Å²) in [5.41, 5.74) is 2.73. The van der Waals surface area contributed by atoms with Gasteiger partial charge in [-0.05, 0) is 29.3 Å². The van der Waals surface area contributed by atoms with Crippen LogP contribution >= 0.6 is 23.2 Å². The number of carboxylic acid groups (broad SMARTS) is 1. The van der Waals surface area contributed by atoms with Crippen LogP contribution in [-0.2, 0) is 11.3 Å². The van der Waals surface area contributed by atoms with Gasteiger partial charge in [-0.2, -0.15) is 0 Å². The summed E-state index contributed by atoms with van der Waals surface area (Å²) in [6.07, 6.45) is -1.59. The first-order valence-corrected chi connectivity index (χ1v) is 10.2. The number of aliphatic hydroxyl groups excluding tert-OH is 1. The number of halogens is 2. The molecule has 0 saturated carbocycles. The summed E-state index contributed by atoms with van der Waals surface area (Å²) in [5, 5.41) is 24.4. The lowest BCUT2D eigenvalue weighted by Crippen LogP contribution is -2.28. The molecule has 0 saturated heterocycles. The Balaban J connectivity index is 1.66. The lowest BCUT2D eigenvalue weighted by Gasteiger charge is -2.14. The Kier molecular flexibility index (Phi) is 7.58. The summed E-state index contributed by atoms with van der Waals surface area (Å²) in [6.45, 7) is 0.191. The fourth-order valence-corrected chi connectivity index (χ4v) is 3.76. The third-order valence-corrected chi connectivity index (χ3v) is 5.25. The van der Waals surface area contributed by atoms with E-state index in [2.05, 4.69) is 10.6 Å². The molecule has 0 aliphatic heterocycles. The van der Waals surface area contributed by atoms with Crippen molar-refractivity contribution in [3.8, 4) is 16.9 Å². The zero-order chi connectivity index (χ0) is 23.3. The van der Waals surface area contributed by atoms with Gasteiger partial charge in [0.2, 0.25) is 0 Å². The van der Waals surface area contributed by atoms with Gasteiger partial charge in [-0.15, -0.1) is 0 Å². The molecule has 0 radical (unpaired) electrons. The average molecular weight is 475 g/mol. The Labute approximate surface area is 194 Å². The van der Waals surface area contributed by atoms with Crippen LogP contribution in [-0.4, -0.2) is 29.3 Å². The van der Waals surface area contributed by atoms with E-state index >= 15 is 0 Å². The molecule has 0 heterocycles. The highest BCUT2D eigenvalue weighted by molar-refractivity contribution is 6.40. The number of amides is 2. The van der Waals surface area contributed by atoms with E-state index in [1.807, 2.05) is 18.2 Å². The summed E-state index contributed by atoms with van der Waals surface area (Å²) in [6, 6.07) is 16.3. The van der Waals surface area contributed by atoms with Gasteiger partial charge in [0.15, 0.2) is 6.10 Å². The molecule has 0 aromatic heterocycles. The van der Waals surface area contributed by atoms with Crippen molar-refractivity contribution >= 4 is 40.9 Å². The summed E-state index contributed by atoms with van der Waals surface area (Å²) < 4.78 is 5.37. The molecule has 166 valence electrons. The fraction of sp³-hybridized carbons (Fsp3) is 0.130. The molecule has 3 rings (SSSR count). The smallest absolute Gasteiger partial charge is 0.337 e. The number of anilines is 1. The number of rotatable bonds is 7. The Bertz CT molecular complexity index is 1110. The zero-order valence-electron chi connectivity index (χ0n) is 16.9. The second kappa shape index (κ2) is 10.4. The summed E-state index contributed by atoms with van der Waals surface area (Å²) in [4.78, 5) is 23.1. The predicted octanol–water partition coefficient (Wildman–Crippen LogP) is 5.11. The highest BCUT2D eigenvalue weighted by Gasteiger charge is 2.16. The topological polar surface area (TPSA) is 108 Å². The Morgan fingerprint density at radius 3 is 2.25 bits per heavy atom. The van der Waals surface area contributed by atoms with Crippen molar-refractivity contribution in [3.63, 3.8) is 0 Å². The highest BCUT2D eigenvalue weighted by Crippen LogP contribution is 2.41. The van der Waals surface area contributed by atoms with Gasteiger partial charge >= 0.3 is 12.0 Å². The van der Waals surface area contributed by atoms with Gasteiger partial charge in [-0.1, -0.05) is 65.7 Å². The molecular weight excluding hydrogens is 455 g/mol. The molecule has 0 bridgehead atoms. The zero-order valence-corrected chi connectivity index (χ0v) is 18.4. The highest BCUT2D eigenvalue weighted by atomic mass is 35.5. The molecule has 1 atom stereocenters. The van der Waals surface area contributed by atoms with E-state index in [1.165, 1.54) is 12.1 Å². The van der Waals surface area contributed by atoms with Gasteiger partial charge in [0.1, 0.15) is 5.75 Å². The number of nitrogens with one attached hydrogen (secondary N) is 2. The van der Waals surface area contributed by atoms with Crippen molar-refractivity contribution in [3.05, 3.63) is 81.8 Å². The third kappa shape index (κ3) is 5.50. The molecule has 0 aliphatic carbocycles. The van der Waals surface area contributed by atoms with Gasteiger partial charge in [-0.25, -0.2) is 9.59 Å². The number of benzene rings is 3. The van der Waals surface area contributed by atoms with Crippen LogP contribution < -0.4 is 15.4 Å². The molecule has 2 amide bonds. The number of carboxylic acids is 1. The second-order valence-electron chi connectivity index (χ2n) is 6.81. The predicted molar refractivity (Wildman–Crippen MR) is 123 cm³/mol. The van der Waals surface area contributed by atoms with Crippen LogP contribution in [0.3, 0.4) is 0 Å². The minimum atomic E-state index is -1.59. The Morgan fingerprint density at radius 2 is 1.66 bits per heavy atom. The van der Waals surface area contributed by atoms with Crippen LogP contribution in [0.4, 0.5) is 10.5 Å². The van der Waals surface area contributed by atoms with Gasteiger partial charge in [0, 0.05) is 23.4 Å². The number of hydrogen-bond acceptors (Lipinski definition) is 4. The van der Waals surface area contributed by atoms with E-state index in [4.69, 9.17) is 33.0 Å². The summed E-state index contributed by atoms with van der Waals surface area (Å²) in [5.74, 6) is -0.707. The number of hydrogen-bond donors (Lipinski definition) is 4.